The molecule has 0 saturated heterocycles. The van der Waals surface area contributed by atoms with E-state index in [9.17, 15) is 0 Å². The van der Waals surface area contributed by atoms with E-state index in [1.165, 1.54) is 22.5 Å². The average molecular weight is 317 g/mol. The van der Waals surface area contributed by atoms with Gasteiger partial charge in [-0.25, -0.2) is 0 Å². The van der Waals surface area contributed by atoms with Gasteiger partial charge in [-0.05, 0) is 42.7 Å². The lowest BCUT2D eigenvalue weighted by Crippen LogP contribution is -2.25. The Bertz CT molecular complexity index is 609. The second-order valence-corrected chi connectivity index (χ2v) is 5.94. The van der Waals surface area contributed by atoms with Crippen molar-refractivity contribution in [3.05, 3.63) is 58.1 Å². The van der Waals surface area contributed by atoms with Crippen molar-refractivity contribution in [3.63, 3.8) is 0 Å². The molecule has 1 aliphatic rings. The number of fused-ring (bicyclic) bond motifs is 1. The molecule has 3 rings (SSSR count). The molecule has 1 heterocycles. The monoisotopic (exact) mass is 316 g/mol. The molecule has 1 unspecified atom stereocenters. The van der Waals surface area contributed by atoms with Gasteiger partial charge in [0.25, 0.3) is 0 Å². The van der Waals surface area contributed by atoms with Crippen LogP contribution in [-0.2, 0) is 13.0 Å². The summed E-state index contributed by atoms with van der Waals surface area (Å²) in [5.41, 5.74) is 11.0. The number of nitrogens with two attached hydrogens (primary N) is 1. The number of nitrogens with zero attached hydrogens (tertiary/aromatic N) is 1. The highest BCUT2D eigenvalue weighted by molar-refractivity contribution is 9.10. The first-order chi connectivity index (χ1) is 9.20. The van der Waals surface area contributed by atoms with E-state index in [1.54, 1.807) is 0 Å². The molecule has 98 valence electrons. The molecule has 0 spiro atoms. The first-order valence-electron chi connectivity index (χ1n) is 6.56. The number of hydrogen-bond donors (Lipinski definition) is 1. The molecular weight excluding hydrogens is 300 g/mol. The van der Waals surface area contributed by atoms with E-state index in [2.05, 4.69) is 70.2 Å². The first-order valence-corrected chi connectivity index (χ1v) is 7.35. The molecule has 0 amide bonds. The summed E-state index contributed by atoms with van der Waals surface area (Å²) in [6, 6.07) is 15.4. The Hall–Kier alpha value is -1.32. The van der Waals surface area contributed by atoms with Crippen molar-refractivity contribution >= 4 is 27.3 Å². The highest BCUT2D eigenvalue weighted by Crippen LogP contribution is 2.40. The van der Waals surface area contributed by atoms with Crippen LogP contribution >= 0.6 is 15.9 Å². The number of rotatable bonds is 2. The molecular formula is C16H17BrN2. The summed E-state index contributed by atoms with van der Waals surface area (Å²) in [5.74, 6) is 0. The van der Waals surface area contributed by atoms with E-state index < -0.39 is 0 Å². The van der Waals surface area contributed by atoms with Gasteiger partial charge in [-0.15, -0.1) is 0 Å². The minimum atomic E-state index is 0.469. The van der Waals surface area contributed by atoms with Gasteiger partial charge in [0, 0.05) is 28.4 Å². The highest BCUT2D eigenvalue weighted by Gasteiger charge is 2.28. The fourth-order valence-corrected chi connectivity index (χ4v) is 3.22. The van der Waals surface area contributed by atoms with Gasteiger partial charge >= 0.3 is 0 Å². The van der Waals surface area contributed by atoms with E-state index >= 15 is 0 Å². The standard InChI is InChI=1S/C16H17BrN2/c1-11-8-12-4-2-3-5-15(12)19(11)16-9-14(17)7-6-13(16)10-18/h2-7,9,11H,8,10,18H2,1H3. The Kier molecular flexibility index (Phi) is 3.33. The van der Waals surface area contributed by atoms with E-state index in [4.69, 9.17) is 5.73 Å². The van der Waals surface area contributed by atoms with Crippen molar-refractivity contribution in [1.29, 1.82) is 0 Å². The highest BCUT2D eigenvalue weighted by atomic mass is 79.9. The van der Waals surface area contributed by atoms with Crippen LogP contribution in [0.25, 0.3) is 0 Å². The van der Waals surface area contributed by atoms with Crippen molar-refractivity contribution < 1.29 is 0 Å². The smallest absolute Gasteiger partial charge is 0.0470 e. The van der Waals surface area contributed by atoms with Crippen LogP contribution in [0.15, 0.2) is 46.9 Å². The fraction of sp³-hybridized carbons (Fsp3) is 0.250. The molecule has 1 aliphatic heterocycles. The lowest BCUT2D eigenvalue weighted by Gasteiger charge is -2.27. The summed E-state index contributed by atoms with van der Waals surface area (Å²) < 4.78 is 1.09. The van der Waals surface area contributed by atoms with E-state index in [1.807, 2.05) is 0 Å². The van der Waals surface area contributed by atoms with Gasteiger partial charge in [0.05, 0.1) is 0 Å². The predicted molar refractivity (Wildman–Crippen MR) is 83.8 cm³/mol. The zero-order valence-corrected chi connectivity index (χ0v) is 12.5. The van der Waals surface area contributed by atoms with Gasteiger partial charge in [0.1, 0.15) is 0 Å². The maximum absolute atomic E-state index is 5.89. The van der Waals surface area contributed by atoms with Crippen molar-refractivity contribution in [1.82, 2.24) is 0 Å². The lowest BCUT2D eigenvalue weighted by atomic mass is 10.1. The van der Waals surface area contributed by atoms with Crippen LogP contribution < -0.4 is 10.6 Å². The van der Waals surface area contributed by atoms with Crippen LogP contribution in [-0.4, -0.2) is 6.04 Å². The summed E-state index contributed by atoms with van der Waals surface area (Å²) in [7, 11) is 0. The third kappa shape index (κ3) is 2.17. The molecule has 2 aromatic rings. The molecule has 2 nitrogen and oxygen atoms in total. The minimum absolute atomic E-state index is 0.469. The molecule has 0 radical (unpaired) electrons. The summed E-state index contributed by atoms with van der Waals surface area (Å²) in [4.78, 5) is 2.41. The van der Waals surface area contributed by atoms with Crippen LogP contribution in [0.5, 0.6) is 0 Å². The maximum Gasteiger partial charge on any atom is 0.0470 e. The Balaban J connectivity index is 2.14. The number of anilines is 2. The van der Waals surface area contributed by atoms with Crippen molar-refractivity contribution in [2.45, 2.75) is 25.9 Å². The fourth-order valence-electron chi connectivity index (χ4n) is 2.87. The van der Waals surface area contributed by atoms with Crippen molar-refractivity contribution in [2.24, 2.45) is 5.73 Å². The third-order valence-electron chi connectivity index (χ3n) is 3.73. The molecule has 0 saturated carbocycles. The van der Waals surface area contributed by atoms with Gasteiger partial charge in [0.15, 0.2) is 0 Å². The second-order valence-electron chi connectivity index (χ2n) is 5.03. The Morgan fingerprint density at radius 1 is 1.21 bits per heavy atom. The van der Waals surface area contributed by atoms with E-state index in [0.29, 0.717) is 12.6 Å². The Morgan fingerprint density at radius 2 is 2.00 bits per heavy atom. The topological polar surface area (TPSA) is 29.3 Å². The summed E-state index contributed by atoms with van der Waals surface area (Å²) in [6.07, 6.45) is 1.09. The molecule has 0 aliphatic carbocycles. The van der Waals surface area contributed by atoms with Crippen LogP contribution in [0.3, 0.4) is 0 Å². The largest absolute Gasteiger partial charge is 0.338 e. The lowest BCUT2D eigenvalue weighted by molar-refractivity contribution is 0.755. The molecule has 2 aromatic carbocycles. The number of benzene rings is 2. The average Bonchev–Trinajstić information content (AvgIpc) is 2.74. The quantitative estimate of drug-likeness (QED) is 0.907. The normalized spacial score (nSPS) is 17.6. The maximum atomic E-state index is 5.89. The third-order valence-corrected chi connectivity index (χ3v) is 4.23. The molecule has 3 heteroatoms. The van der Waals surface area contributed by atoms with Crippen molar-refractivity contribution in [3.8, 4) is 0 Å². The minimum Gasteiger partial charge on any atom is -0.338 e. The van der Waals surface area contributed by atoms with Gasteiger partial charge in [0.2, 0.25) is 0 Å². The number of hydrogen-bond acceptors (Lipinski definition) is 2. The Morgan fingerprint density at radius 3 is 2.79 bits per heavy atom. The summed E-state index contributed by atoms with van der Waals surface area (Å²) >= 11 is 3.57. The predicted octanol–water partition coefficient (Wildman–Crippen LogP) is 3.99. The van der Waals surface area contributed by atoms with E-state index in [-0.39, 0.29) is 0 Å². The SMILES string of the molecule is CC1Cc2ccccc2N1c1cc(Br)ccc1CN. The first kappa shape index (κ1) is 12.7. The van der Waals surface area contributed by atoms with E-state index in [0.717, 1.165) is 10.9 Å². The van der Waals surface area contributed by atoms with Crippen molar-refractivity contribution in [2.75, 3.05) is 4.90 Å². The summed E-state index contributed by atoms with van der Waals surface area (Å²) in [5, 5.41) is 0. The molecule has 2 N–H and O–H groups in total. The van der Waals surface area contributed by atoms with Gasteiger partial charge in [-0.3, -0.25) is 0 Å². The van der Waals surface area contributed by atoms with Gasteiger partial charge in [-0.1, -0.05) is 40.2 Å². The molecule has 1 atom stereocenters. The molecule has 19 heavy (non-hydrogen) atoms. The molecule has 0 fully saturated rings. The van der Waals surface area contributed by atoms with Gasteiger partial charge < -0.3 is 10.6 Å². The molecule has 0 bridgehead atoms. The van der Waals surface area contributed by atoms with Crippen LogP contribution in [0.1, 0.15) is 18.1 Å². The van der Waals surface area contributed by atoms with Crippen LogP contribution in [0.4, 0.5) is 11.4 Å². The molecule has 0 aromatic heterocycles. The van der Waals surface area contributed by atoms with Gasteiger partial charge in [-0.2, -0.15) is 0 Å². The Labute approximate surface area is 122 Å². The zero-order chi connectivity index (χ0) is 13.4. The van der Waals surface area contributed by atoms with Crippen LogP contribution in [0.2, 0.25) is 0 Å². The number of para-hydroxylation sites is 1. The zero-order valence-electron chi connectivity index (χ0n) is 10.9. The van der Waals surface area contributed by atoms with Crippen LogP contribution in [0, 0.1) is 0 Å². The second kappa shape index (κ2) is 4.99. The summed E-state index contributed by atoms with van der Waals surface area (Å²) in [6.45, 7) is 2.83. The number of halogens is 1.